The Bertz CT molecular complexity index is 2170. The predicted molar refractivity (Wildman–Crippen MR) is 233 cm³/mol. The Morgan fingerprint density at radius 2 is 1.04 bits per heavy atom. The van der Waals surface area contributed by atoms with Crippen LogP contribution in [0.5, 0.6) is 11.5 Å². The zero-order chi connectivity index (χ0) is 41.6. The van der Waals surface area contributed by atoms with Gasteiger partial charge in [-0.1, -0.05) is 31.2 Å². The lowest BCUT2D eigenvalue weighted by molar-refractivity contribution is -0.138. The van der Waals surface area contributed by atoms with Crippen LogP contribution in [0.3, 0.4) is 0 Å². The van der Waals surface area contributed by atoms with Gasteiger partial charge in [0.2, 0.25) is 20.0 Å². The molecule has 0 fully saturated rings. The van der Waals surface area contributed by atoms with E-state index in [1.165, 1.54) is 0 Å². The van der Waals surface area contributed by atoms with E-state index in [1.54, 1.807) is 50.2 Å². The minimum absolute atomic E-state index is 0.0537. The molecule has 0 unspecified atom stereocenters. The summed E-state index contributed by atoms with van der Waals surface area (Å²) in [5.74, 6) is -0.437. The molecule has 0 spiro atoms. The minimum Gasteiger partial charge on any atom is -0.487 e. The monoisotopic (exact) mass is 1070 g/mol. The summed E-state index contributed by atoms with van der Waals surface area (Å²) in [5.41, 5.74) is 4.34. The molecule has 0 radical (unpaired) electrons. The van der Waals surface area contributed by atoms with E-state index in [0.29, 0.717) is 60.0 Å². The average molecular weight is 1070 g/mol. The summed E-state index contributed by atoms with van der Waals surface area (Å²) in [6.45, 7) is 5.53. The number of ether oxygens (including phenoxy) is 2. The van der Waals surface area contributed by atoms with Crippen LogP contribution < -0.4 is 18.9 Å². The Morgan fingerprint density at radius 1 is 0.643 bits per heavy atom. The van der Waals surface area contributed by atoms with Gasteiger partial charge in [-0.05, 0) is 168 Å². The number of carboxylic acids is 2. The number of aryl methyl sites for hydroxylation is 2. The van der Waals surface area contributed by atoms with Gasteiger partial charge in [-0.2, -0.15) is 0 Å². The summed E-state index contributed by atoms with van der Waals surface area (Å²) in [7, 11) is -6.76. The van der Waals surface area contributed by atoms with Gasteiger partial charge in [0.25, 0.3) is 0 Å². The highest BCUT2D eigenvalue weighted by atomic mass is 79.9. The number of aliphatic carboxylic acids is 2. The van der Waals surface area contributed by atoms with E-state index in [4.69, 9.17) is 19.7 Å². The molecule has 4 N–H and O–H groups in total. The van der Waals surface area contributed by atoms with Crippen LogP contribution in [0.15, 0.2) is 90.7 Å². The highest BCUT2D eigenvalue weighted by molar-refractivity contribution is 9.11. The molecule has 304 valence electrons. The van der Waals surface area contributed by atoms with Crippen LogP contribution >= 0.6 is 63.7 Å². The van der Waals surface area contributed by atoms with Gasteiger partial charge in [-0.15, -0.1) is 0 Å². The SMILES string of the molecule is CC(C)S(=O)(=O)Nc1cccc(COc2c(Br)cc(CCC(=O)O)cc2Br)c1.CCCS(=O)(=O)Nc1cccc(COc2c(Br)cc(CCC(=O)O)cc2Br)c1. The van der Waals surface area contributed by atoms with Crippen molar-refractivity contribution in [2.24, 2.45) is 0 Å². The quantitative estimate of drug-likeness (QED) is 0.0705. The smallest absolute Gasteiger partial charge is 0.303 e. The molecule has 0 aliphatic rings. The van der Waals surface area contributed by atoms with Crippen LogP contribution in [0, 0.1) is 0 Å². The van der Waals surface area contributed by atoms with Gasteiger partial charge in [0, 0.05) is 24.2 Å². The van der Waals surface area contributed by atoms with Crippen LogP contribution in [-0.2, 0) is 55.7 Å². The van der Waals surface area contributed by atoms with E-state index < -0.39 is 37.2 Å². The fraction of sp³-hybridized carbons (Fsp3) is 0.316. The first-order valence-corrected chi connectivity index (χ1v) is 23.5. The maximum absolute atomic E-state index is 12.0. The third-order valence-electron chi connectivity index (χ3n) is 7.62. The van der Waals surface area contributed by atoms with Crippen molar-refractivity contribution in [3.05, 3.63) is 113 Å². The first kappa shape index (κ1) is 47.2. The van der Waals surface area contributed by atoms with Crippen molar-refractivity contribution >= 4 is 107 Å². The number of nitrogens with one attached hydrogen (secondary N) is 2. The normalized spacial score (nSPS) is 11.4. The van der Waals surface area contributed by atoms with Crippen molar-refractivity contribution in [1.82, 2.24) is 0 Å². The van der Waals surface area contributed by atoms with Crippen molar-refractivity contribution in [1.29, 1.82) is 0 Å². The van der Waals surface area contributed by atoms with E-state index >= 15 is 0 Å². The summed E-state index contributed by atoms with van der Waals surface area (Å²) in [5, 5.41) is 17.1. The Kier molecular flexibility index (Phi) is 18.6. The molecule has 0 amide bonds. The second-order valence-electron chi connectivity index (χ2n) is 12.7. The third kappa shape index (κ3) is 16.0. The van der Waals surface area contributed by atoms with E-state index in [0.717, 1.165) is 22.3 Å². The Morgan fingerprint density at radius 3 is 1.39 bits per heavy atom. The maximum Gasteiger partial charge on any atom is 0.303 e. The molecule has 56 heavy (non-hydrogen) atoms. The molecule has 0 aliphatic carbocycles. The number of carbonyl (C=O) groups is 2. The standard InChI is InChI=1S/2C19H21Br2NO5S/c1-12(2)28(25,26)22-15-5-3-4-14(8-15)11-27-19-16(20)9-13(10-17(19)21)6-7-18(23)24;1-2-8-28(25,26)22-15-5-3-4-14(9-15)12-27-19-16(20)10-13(11-17(19)21)6-7-18(23)24/h3-5,8-10,12,22H,6-7,11H2,1-2H3,(H,23,24);3-5,9-11,22H,2,6-8,12H2,1H3,(H,23,24). The second-order valence-corrected chi connectivity index (χ2v) is 20.2. The minimum atomic E-state index is -3.41. The molecule has 4 aromatic carbocycles. The fourth-order valence-corrected chi connectivity index (χ4v) is 9.67. The molecule has 0 atom stereocenters. The first-order valence-electron chi connectivity index (χ1n) is 17.1. The summed E-state index contributed by atoms with van der Waals surface area (Å²) < 4.78 is 67.6. The largest absolute Gasteiger partial charge is 0.487 e. The Hall–Kier alpha value is -3.16. The van der Waals surface area contributed by atoms with Crippen molar-refractivity contribution in [3.63, 3.8) is 0 Å². The lowest BCUT2D eigenvalue weighted by Gasteiger charge is -2.14. The molecule has 0 aliphatic heterocycles. The van der Waals surface area contributed by atoms with Gasteiger partial charge in [0.05, 0.1) is 28.9 Å². The van der Waals surface area contributed by atoms with Crippen molar-refractivity contribution in [2.45, 2.75) is 71.3 Å². The summed E-state index contributed by atoms with van der Waals surface area (Å²) in [4.78, 5) is 21.5. The zero-order valence-electron chi connectivity index (χ0n) is 30.7. The molecular formula is C38H42Br4N2O10S2. The van der Waals surface area contributed by atoms with Gasteiger partial charge in [-0.25, -0.2) is 16.8 Å². The van der Waals surface area contributed by atoms with E-state index in [9.17, 15) is 26.4 Å². The third-order valence-corrected chi connectivity index (χ3v) is 13.2. The molecule has 0 saturated carbocycles. The molecule has 12 nitrogen and oxygen atoms in total. The number of rotatable bonds is 19. The topological polar surface area (TPSA) is 185 Å². The lowest BCUT2D eigenvalue weighted by atomic mass is 10.1. The molecule has 0 saturated heterocycles. The number of anilines is 2. The van der Waals surface area contributed by atoms with Gasteiger partial charge in [-0.3, -0.25) is 19.0 Å². The summed E-state index contributed by atoms with van der Waals surface area (Å²) >= 11 is 13.8. The predicted octanol–water partition coefficient (Wildman–Crippen LogP) is 9.92. The highest BCUT2D eigenvalue weighted by Crippen LogP contribution is 2.37. The van der Waals surface area contributed by atoms with Crippen LogP contribution in [0.25, 0.3) is 0 Å². The van der Waals surface area contributed by atoms with E-state index in [1.807, 2.05) is 43.3 Å². The molecule has 0 aromatic heterocycles. The molecule has 4 aromatic rings. The average Bonchev–Trinajstić information content (AvgIpc) is 3.09. The molecule has 0 heterocycles. The number of hydrogen-bond donors (Lipinski definition) is 4. The summed E-state index contributed by atoms with van der Waals surface area (Å²) in [6.07, 6.45) is 1.50. The van der Waals surface area contributed by atoms with E-state index in [2.05, 4.69) is 73.2 Å². The van der Waals surface area contributed by atoms with Crippen molar-refractivity contribution in [3.8, 4) is 11.5 Å². The molecular weight excluding hydrogens is 1030 g/mol. The highest BCUT2D eigenvalue weighted by Gasteiger charge is 2.17. The number of benzene rings is 4. The van der Waals surface area contributed by atoms with Crippen LogP contribution in [-0.4, -0.2) is 50.0 Å². The zero-order valence-corrected chi connectivity index (χ0v) is 38.6. The van der Waals surface area contributed by atoms with Crippen LogP contribution in [0.2, 0.25) is 0 Å². The van der Waals surface area contributed by atoms with Gasteiger partial charge < -0.3 is 19.7 Å². The molecule has 18 heteroatoms. The summed E-state index contributed by atoms with van der Waals surface area (Å²) in [6, 6.07) is 21.4. The van der Waals surface area contributed by atoms with Crippen LogP contribution in [0.1, 0.15) is 62.3 Å². The Balaban J connectivity index is 0.000000300. The van der Waals surface area contributed by atoms with Crippen molar-refractivity contribution in [2.75, 3.05) is 15.2 Å². The molecule has 0 bridgehead atoms. The number of carboxylic acid groups (broad SMARTS) is 2. The number of sulfonamides is 2. The Labute approximate surface area is 361 Å². The van der Waals surface area contributed by atoms with Gasteiger partial charge in [0.1, 0.15) is 24.7 Å². The fourth-order valence-electron chi connectivity index (χ4n) is 4.83. The number of halogens is 4. The van der Waals surface area contributed by atoms with Crippen LogP contribution in [0.4, 0.5) is 11.4 Å². The molecule has 4 rings (SSSR count). The first-order chi connectivity index (χ1) is 26.3. The second kappa shape index (κ2) is 22.1. The number of hydrogen-bond acceptors (Lipinski definition) is 8. The van der Waals surface area contributed by atoms with Crippen molar-refractivity contribution < 1.29 is 46.1 Å². The maximum atomic E-state index is 12.0. The van der Waals surface area contributed by atoms with Gasteiger partial charge >= 0.3 is 11.9 Å². The van der Waals surface area contributed by atoms with E-state index in [-0.39, 0.29) is 31.8 Å². The lowest BCUT2D eigenvalue weighted by Crippen LogP contribution is -2.22. The van der Waals surface area contributed by atoms with Gasteiger partial charge in [0.15, 0.2) is 0 Å².